The summed E-state index contributed by atoms with van der Waals surface area (Å²) in [7, 11) is 0. The zero-order valence-electron chi connectivity index (χ0n) is 28.0. The van der Waals surface area contributed by atoms with Crippen molar-refractivity contribution in [3.63, 3.8) is 0 Å². The Morgan fingerprint density at radius 1 is 0.360 bits per heavy atom. The van der Waals surface area contributed by atoms with Gasteiger partial charge in [-0.15, -0.1) is 0 Å². The Hall–Kier alpha value is -6.19. The van der Waals surface area contributed by atoms with Crippen LogP contribution in [0.15, 0.2) is 170 Å². The lowest BCUT2D eigenvalue weighted by molar-refractivity contribution is 0.103. The first-order valence-corrected chi connectivity index (χ1v) is 17.3. The van der Waals surface area contributed by atoms with Crippen LogP contribution in [-0.4, -0.2) is 5.78 Å². The van der Waals surface area contributed by atoms with E-state index in [1.165, 1.54) is 22.5 Å². The fourth-order valence-electron chi connectivity index (χ4n) is 9.11. The second kappa shape index (κ2) is 10.4. The van der Waals surface area contributed by atoms with E-state index in [0.717, 1.165) is 56.1 Å². The zero-order valence-corrected chi connectivity index (χ0v) is 28.0. The number of fused-ring (bicyclic) bond motifs is 10. The maximum Gasteiger partial charge on any atom is 0.193 e. The Balaban J connectivity index is 1.18. The van der Waals surface area contributed by atoms with Crippen LogP contribution in [0.1, 0.15) is 63.1 Å². The summed E-state index contributed by atoms with van der Waals surface area (Å²) in [6.45, 7) is 4.64. The lowest BCUT2D eigenvalue weighted by Gasteiger charge is -2.48. The van der Waals surface area contributed by atoms with Crippen molar-refractivity contribution in [2.75, 3.05) is 9.80 Å². The number of rotatable bonds is 2. The van der Waals surface area contributed by atoms with Crippen molar-refractivity contribution < 1.29 is 4.79 Å². The monoisotopic (exact) mass is 642 g/mol. The van der Waals surface area contributed by atoms with Crippen LogP contribution in [0.25, 0.3) is 0 Å². The number of hydrogen-bond acceptors (Lipinski definition) is 3. The second-order valence-corrected chi connectivity index (χ2v) is 14.1. The predicted molar refractivity (Wildman–Crippen MR) is 203 cm³/mol. The van der Waals surface area contributed by atoms with Gasteiger partial charge in [0.15, 0.2) is 5.78 Å². The SMILES string of the molecule is CC1(C)c2ccccc2N(c2ccc(N3c4ccccc4C4(c5ccccc5C(=O)c5ccccc54)c4ccccc43)cc2)c2ccccc21. The normalized spacial score (nSPS) is 15.7. The van der Waals surface area contributed by atoms with Crippen molar-refractivity contribution in [3.8, 4) is 0 Å². The summed E-state index contributed by atoms with van der Waals surface area (Å²) in [6, 6.07) is 60.4. The van der Waals surface area contributed by atoms with Crippen molar-refractivity contribution in [2.45, 2.75) is 24.7 Å². The van der Waals surface area contributed by atoms with E-state index in [-0.39, 0.29) is 11.2 Å². The largest absolute Gasteiger partial charge is 0.310 e. The molecule has 2 heterocycles. The first-order chi connectivity index (χ1) is 24.5. The zero-order chi connectivity index (χ0) is 33.6. The topological polar surface area (TPSA) is 23.6 Å². The summed E-state index contributed by atoms with van der Waals surface area (Å²) in [6.07, 6.45) is 0. The van der Waals surface area contributed by atoms with Crippen LogP contribution in [0, 0.1) is 0 Å². The van der Waals surface area contributed by atoms with E-state index in [1.54, 1.807) is 0 Å². The van der Waals surface area contributed by atoms with Gasteiger partial charge in [0.2, 0.25) is 0 Å². The van der Waals surface area contributed by atoms with E-state index in [1.807, 2.05) is 24.3 Å². The van der Waals surface area contributed by atoms with Gasteiger partial charge in [-0.25, -0.2) is 0 Å². The molecule has 1 spiro atoms. The van der Waals surface area contributed by atoms with Crippen LogP contribution >= 0.6 is 0 Å². The molecule has 0 N–H and O–H groups in total. The number of hydrogen-bond donors (Lipinski definition) is 0. The molecule has 0 radical (unpaired) electrons. The Kier molecular flexibility index (Phi) is 5.99. The van der Waals surface area contributed by atoms with Gasteiger partial charge < -0.3 is 9.80 Å². The highest BCUT2D eigenvalue weighted by molar-refractivity contribution is 6.14. The molecule has 10 rings (SSSR count). The third-order valence-corrected chi connectivity index (χ3v) is 11.3. The highest BCUT2D eigenvalue weighted by Gasteiger charge is 2.51. The molecule has 0 fully saturated rings. The fraction of sp³-hybridized carbons (Fsp3) is 0.0851. The summed E-state index contributed by atoms with van der Waals surface area (Å²) in [5, 5.41) is 0. The molecule has 3 aliphatic rings. The molecule has 0 unspecified atom stereocenters. The van der Waals surface area contributed by atoms with Crippen molar-refractivity contribution in [3.05, 3.63) is 214 Å². The smallest absolute Gasteiger partial charge is 0.193 e. The van der Waals surface area contributed by atoms with Crippen molar-refractivity contribution in [1.82, 2.24) is 0 Å². The molecule has 0 saturated carbocycles. The molecule has 3 nitrogen and oxygen atoms in total. The molecule has 50 heavy (non-hydrogen) atoms. The first-order valence-electron chi connectivity index (χ1n) is 17.3. The highest BCUT2D eigenvalue weighted by atomic mass is 16.1. The molecule has 0 saturated heterocycles. The number of carbonyl (C=O) groups is 1. The van der Waals surface area contributed by atoms with Gasteiger partial charge in [-0.2, -0.15) is 0 Å². The third-order valence-electron chi connectivity index (χ3n) is 11.3. The summed E-state index contributed by atoms with van der Waals surface area (Å²) >= 11 is 0. The molecular weight excluding hydrogens is 609 g/mol. The fourth-order valence-corrected chi connectivity index (χ4v) is 9.11. The van der Waals surface area contributed by atoms with Crippen LogP contribution < -0.4 is 9.80 Å². The average Bonchev–Trinajstić information content (AvgIpc) is 3.17. The van der Waals surface area contributed by atoms with Crippen LogP contribution in [0.5, 0.6) is 0 Å². The van der Waals surface area contributed by atoms with E-state index in [2.05, 4.69) is 169 Å². The lowest BCUT2D eigenvalue weighted by Crippen LogP contribution is -2.42. The van der Waals surface area contributed by atoms with Gasteiger partial charge >= 0.3 is 0 Å². The lowest BCUT2D eigenvalue weighted by atomic mass is 9.57. The molecule has 238 valence electrons. The standard InChI is InChI=1S/C47H34N2O/c1-46(2)37-19-7-11-23-41(37)48(42-24-12-8-20-38(42)46)31-27-29-32(30-28-31)49-43-25-13-9-21-39(43)47(40-22-10-14-26-44(40)49)35-17-5-3-15-33(35)45(50)34-16-4-6-18-36(34)47/h3-30H,1-2H3. The van der Waals surface area contributed by atoms with Gasteiger partial charge in [-0.05, 0) is 81.9 Å². The third kappa shape index (κ3) is 3.67. The summed E-state index contributed by atoms with van der Waals surface area (Å²) in [4.78, 5) is 18.8. The summed E-state index contributed by atoms with van der Waals surface area (Å²) < 4.78 is 0. The van der Waals surface area contributed by atoms with Crippen LogP contribution in [-0.2, 0) is 10.8 Å². The minimum absolute atomic E-state index is 0.0825. The molecule has 0 amide bonds. The number of nitrogens with zero attached hydrogens (tertiary/aromatic N) is 2. The molecule has 1 aliphatic carbocycles. The van der Waals surface area contributed by atoms with Gasteiger partial charge in [0.05, 0.1) is 28.2 Å². The van der Waals surface area contributed by atoms with Crippen LogP contribution in [0.2, 0.25) is 0 Å². The van der Waals surface area contributed by atoms with Crippen molar-refractivity contribution >= 4 is 39.9 Å². The minimum atomic E-state index is -0.654. The number of anilines is 6. The summed E-state index contributed by atoms with van der Waals surface area (Å²) in [5.41, 5.74) is 14.6. The van der Waals surface area contributed by atoms with Gasteiger partial charge in [0.25, 0.3) is 0 Å². The van der Waals surface area contributed by atoms with E-state index < -0.39 is 5.41 Å². The van der Waals surface area contributed by atoms with Crippen LogP contribution in [0.3, 0.4) is 0 Å². The summed E-state index contributed by atoms with van der Waals surface area (Å²) in [5.74, 6) is 0.0825. The van der Waals surface area contributed by atoms with Gasteiger partial charge in [0.1, 0.15) is 0 Å². The molecule has 2 aliphatic heterocycles. The molecule has 0 atom stereocenters. The highest BCUT2D eigenvalue weighted by Crippen LogP contribution is 2.60. The number of para-hydroxylation sites is 4. The minimum Gasteiger partial charge on any atom is -0.310 e. The van der Waals surface area contributed by atoms with Crippen molar-refractivity contribution in [2.24, 2.45) is 0 Å². The maximum absolute atomic E-state index is 14.0. The van der Waals surface area contributed by atoms with E-state index >= 15 is 0 Å². The molecule has 7 aromatic rings. The Morgan fingerprint density at radius 2 is 0.660 bits per heavy atom. The molecule has 0 bridgehead atoms. The van der Waals surface area contributed by atoms with Gasteiger partial charge in [-0.3, -0.25) is 4.79 Å². The van der Waals surface area contributed by atoms with Crippen LogP contribution in [0.4, 0.5) is 34.1 Å². The maximum atomic E-state index is 14.0. The predicted octanol–water partition coefficient (Wildman–Crippen LogP) is 11.5. The van der Waals surface area contributed by atoms with Crippen molar-refractivity contribution in [1.29, 1.82) is 0 Å². The molecule has 7 aromatic carbocycles. The number of ketones is 1. The Labute approximate surface area is 292 Å². The Bertz CT molecular complexity index is 2360. The molecule has 0 aromatic heterocycles. The average molecular weight is 643 g/mol. The first kappa shape index (κ1) is 28.8. The molecular formula is C47H34N2O. The quantitative estimate of drug-likeness (QED) is 0.187. The number of carbonyl (C=O) groups excluding carboxylic acids is 1. The number of benzene rings is 7. The Morgan fingerprint density at radius 3 is 1.06 bits per heavy atom. The van der Waals surface area contributed by atoms with E-state index in [9.17, 15) is 4.79 Å². The van der Waals surface area contributed by atoms with E-state index in [0.29, 0.717) is 0 Å². The van der Waals surface area contributed by atoms with Gasteiger partial charge in [-0.1, -0.05) is 135 Å². The molecule has 3 heteroatoms. The van der Waals surface area contributed by atoms with E-state index in [4.69, 9.17) is 0 Å². The second-order valence-electron chi connectivity index (χ2n) is 14.1. The van der Waals surface area contributed by atoms with Gasteiger partial charge in [0, 0.05) is 27.9 Å².